The molecule has 4 atom stereocenters. The van der Waals surface area contributed by atoms with Crippen LogP contribution < -0.4 is 5.32 Å². The molecule has 2 aliphatic rings. The Hall–Kier alpha value is -0.910. The predicted molar refractivity (Wildman–Crippen MR) is 86.2 cm³/mol. The maximum absolute atomic E-state index is 12.8. The van der Waals surface area contributed by atoms with E-state index in [1.165, 1.54) is 5.56 Å². The second-order valence-electron chi connectivity index (χ2n) is 6.43. The molecule has 2 saturated heterocycles. The maximum atomic E-state index is 12.8. The number of amides is 1. The first-order chi connectivity index (χ1) is 10.1. The Bertz CT molecular complexity index is 490. The fourth-order valence-electron chi connectivity index (χ4n) is 3.74. The molecule has 0 spiro atoms. The number of carbonyl (C=O) groups excluding carboxylic acids is 1. The smallest absolute Gasteiger partial charge is 0.241 e. The Labute approximate surface area is 131 Å². The highest BCUT2D eigenvalue weighted by Crippen LogP contribution is 2.34. The largest absolute Gasteiger partial charge is 0.318 e. The number of thiophene rings is 1. The van der Waals surface area contributed by atoms with Crippen LogP contribution in [0, 0.1) is 5.92 Å². The van der Waals surface area contributed by atoms with E-state index in [-0.39, 0.29) is 18.1 Å². The molecule has 1 N–H and O–H groups in total. The van der Waals surface area contributed by atoms with E-state index in [1.807, 2.05) is 0 Å². The summed E-state index contributed by atoms with van der Waals surface area (Å²) in [6.45, 7) is 6.51. The van der Waals surface area contributed by atoms with Crippen LogP contribution >= 0.6 is 11.3 Å². The van der Waals surface area contributed by atoms with Crippen molar-refractivity contribution in [3.05, 3.63) is 22.4 Å². The molecule has 1 aromatic heterocycles. The van der Waals surface area contributed by atoms with Crippen molar-refractivity contribution in [1.82, 2.24) is 15.1 Å². The van der Waals surface area contributed by atoms with Crippen LogP contribution in [0.4, 0.5) is 0 Å². The van der Waals surface area contributed by atoms with Crippen molar-refractivity contribution in [3.63, 3.8) is 0 Å². The van der Waals surface area contributed by atoms with Crippen molar-refractivity contribution in [1.29, 1.82) is 0 Å². The normalized spacial score (nSPS) is 34.6. The minimum atomic E-state index is -0.0262. The van der Waals surface area contributed by atoms with Gasteiger partial charge in [0.2, 0.25) is 5.91 Å². The van der Waals surface area contributed by atoms with Crippen molar-refractivity contribution in [2.45, 2.75) is 44.9 Å². The average molecular weight is 307 g/mol. The zero-order valence-corrected chi connectivity index (χ0v) is 13.9. The quantitative estimate of drug-likeness (QED) is 0.931. The fraction of sp³-hybridized carbons (Fsp3) is 0.688. The molecule has 2 fully saturated rings. The van der Waals surface area contributed by atoms with Crippen LogP contribution in [0.5, 0.6) is 0 Å². The molecule has 4 nitrogen and oxygen atoms in total. The zero-order chi connectivity index (χ0) is 15.0. The van der Waals surface area contributed by atoms with Gasteiger partial charge in [-0.05, 0) is 54.7 Å². The van der Waals surface area contributed by atoms with Crippen LogP contribution in [-0.2, 0) is 4.79 Å². The third-order valence-corrected chi connectivity index (χ3v) is 5.58. The summed E-state index contributed by atoms with van der Waals surface area (Å²) in [6, 6.07) is 2.46. The van der Waals surface area contributed by atoms with Crippen LogP contribution in [0.25, 0.3) is 0 Å². The SMILES string of the molecule is CCC1NC(c2ccsc2)N(C2CCN(C)CC2C)C1=O. The highest BCUT2D eigenvalue weighted by atomic mass is 32.1. The number of nitrogens with one attached hydrogen (secondary N) is 1. The lowest BCUT2D eigenvalue weighted by Gasteiger charge is -2.42. The van der Waals surface area contributed by atoms with E-state index < -0.39 is 0 Å². The van der Waals surface area contributed by atoms with Gasteiger partial charge in [0.15, 0.2) is 0 Å². The van der Waals surface area contributed by atoms with Gasteiger partial charge in [-0.25, -0.2) is 0 Å². The number of piperidine rings is 1. The van der Waals surface area contributed by atoms with Crippen LogP contribution in [0.15, 0.2) is 16.8 Å². The summed E-state index contributed by atoms with van der Waals surface area (Å²) in [5.41, 5.74) is 1.23. The molecular formula is C16H25N3OS. The van der Waals surface area contributed by atoms with Gasteiger partial charge < -0.3 is 9.80 Å². The number of likely N-dealkylation sites (tertiary alicyclic amines) is 1. The van der Waals surface area contributed by atoms with Crippen molar-refractivity contribution in [2.24, 2.45) is 5.92 Å². The summed E-state index contributed by atoms with van der Waals surface area (Å²) in [5.74, 6) is 0.807. The van der Waals surface area contributed by atoms with E-state index in [4.69, 9.17) is 0 Å². The van der Waals surface area contributed by atoms with Gasteiger partial charge in [-0.15, -0.1) is 0 Å². The molecule has 4 unspecified atom stereocenters. The van der Waals surface area contributed by atoms with Gasteiger partial charge in [-0.2, -0.15) is 11.3 Å². The Morgan fingerprint density at radius 3 is 2.90 bits per heavy atom. The zero-order valence-electron chi connectivity index (χ0n) is 13.1. The molecule has 0 aliphatic carbocycles. The Morgan fingerprint density at radius 2 is 2.29 bits per heavy atom. The molecule has 3 rings (SSSR count). The fourth-order valence-corrected chi connectivity index (χ4v) is 4.42. The standard InChI is InChI=1S/C16H25N3OS/c1-4-13-16(20)19(14-5-7-18(3)9-11(14)2)15(17-13)12-6-8-21-10-12/h6,8,10-11,13-15,17H,4-5,7,9H2,1-3H3. The van der Waals surface area contributed by atoms with E-state index in [0.29, 0.717) is 12.0 Å². The van der Waals surface area contributed by atoms with Gasteiger partial charge in [-0.3, -0.25) is 10.1 Å². The number of hydrogen-bond donors (Lipinski definition) is 1. The summed E-state index contributed by atoms with van der Waals surface area (Å²) >= 11 is 1.70. The first kappa shape index (κ1) is 15.0. The monoisotopic (exact) mass is 307 g/mol. The van der Waals surface area contributed by atoms with Crippen LogP contribution in [-0.4, -0.2) is 47.9 Å². The van der Waals surface area contributed by atoms with Gasteiger partial charge in [0, 0.05) is 12.6 Å². The summed E-state index contributed by atoms with van der Waals surface area (Å²) in [6.07, 6.45) is 1.99. The molecule has 21 heavy (non-hydrogen) atoms. The van der Waals surface area contributed by atoms with E-state index in [1.54, 1.807) is 11.3 Å². The van der Waals surface area contributed by atoms with Gasteiger partial charge in [0.1, 0.15) is 6.17 Å². The molecule has 1 amide bonds. The Balaban J connectivity index is 1.87. The molecule has 2 aliphatic heterocycles. The minimum absolute atomic E-state index is 0.0262. The second kappa shape index (κ2) is 6.07. The summed E-state index contributed by atoms with van der Waals surface area (Å²) in [7, 11) is 2.17. The highest BCUT2D eigenvalue weighted by molar-refractivity contribution is 7.07. The van der Waals surface area contributed by atoms with Crippen LogP contribution in [0.1, 0.15) is 38.4 Å². The number of hydrogen-bond acceptors (Lipinski definition) is 4. The summed E-state index contributed by atoms with van der Waals surface area (Å²) < 4.78 is 0. The number of rotatable bonds is 3. The third-order valence-electron chi connectivity index (χ3n) is 4.88. The molecule has 3 heterocycles. The molecule has 0 bridgehead atoms. The molecule has 0 saturated carbocycles. The predicted octanol–water partition coefficient (Wildman–Crippen LogP) is 2.30. The second-order valence-corrected chi connectivity index (χ2v) is 7.21. The van der Waals surface area contributed by atoms with Gasteiger partial charge in [0.25, 0.3) is 0 Å². The number of carbonyl (C=O) groups is 1. The van der Waals surface area contributed by atoms with E-state index >= 15 is 0 Å². The van der Waals surface area contributed by atoms with Crippen molar-refractivity contribution in [2.75, 3.05) is 20.1 Å². The van der Waals surface area contributed by atoms with Gasteiger partial charge >= 0.3 is 0 Å². The number of nitrogens with zero attached hydrogens (tertiary/aromatic N) is 2. The Kier molecular flexibility index (Phi) is 4.33. The topological polar surface area (TPSA) is 35.6 Å². The van der Waals surface area contributed by atoms with Crippen LogP contribution in [0.2, 0.25) is 0 Å². The molecule has 116 valence electrons. The highest BCUT2D eigenvalue weighted by Gasteiger charge is 2.44. The summed E-state index contributed by atoms with van der Waals surface area (Å²) in [5, 5.41) is 7.80. The van der Waals surface area contributed by atoms with Crippen molar-refractivity contribution < 1.29 is 4.79 Å². The van der Waals surface area contributed by atoms with E-state index in [0.717, 1.165) is 25.9 Å². The Morgan fingerprint density at radius 1 is 1.48 bits per heavy atom. The minimum Gasteiger partial charge on any atom is -0.318 e. The summed E-state index contributed by atoms with van der Waals surface area (Å²) in [4.78, 5) is 17.3. The first-order valence-electron chi connectivity index (χ1n) is 7.90. The van der Waals surface area contributed by atoms with Gasteiger partial charge in [0.05, 0.1) is 6.04 Å². The lowest BCUT2D eigenvalue weighted by Crippen LogP contribution is -2.51. The molecule has 0 radical (unpaired) electrons. The molecule has 0 aromatic carbocycles. The van der Waals surface area contributed by atoms with E-state index in [9.17, 15) is 4.79 Å². The van der Waals surface area contributed by atoms with Crippen molar-refractivity contribution in [3.8, 4) is 0 Å². The maximum Gasteiger partial charge on any atom is 0.241 e. The van der Waals surface area contributed by atoms with E-state index in [2.05, 4.69) is 52.8 Å². The average Bonchev–Trinajstić information content (AvgIpc) is 3.07. The lowest BCUT2D eigenvalue weighted by atomic mass is 9.92. The van der Waals surface area contributed by atoms with Gasteiger partial charge in [-0.1, -0.05) is 13.8 Å². The molecule has 1 aromatic rings. The molecular weight excluding hydrogens is 282 g/mol. The third kappa shape index (κ3) is 2.74. The molecule has 5 heteroatoms. The first-order valence-corrected chi connectivity index (χ1v) is 8.85. The van der Waals surface area contributed by atoms with Crippen LogP contribution in [0.3, 0.4) is 0 Å². The van der Waals surface area contributed by atoms with Crippen molar-refractivity contribution >= 4 is 17.2 Å². The lowest BCUT2D eigenvalue weighted by molar-refractivity contribution is -0.134.